The molecule has 1 aromatic carbocycles. The molecule has 1 atom stereocenters. The van der Waals surface area contributed by atoms with Crippen LogP contribution >= 0.6 is 0 Å². The normalized spacial score (nSPS) is 24.6. The lowest BCUT2D eigenvalue weighted by Crippen LogP contribution is -2.47. The number of carboxylic acid groups (broad SMARTS) is 1. The molecular weight excluding hydrogens is 259 g/mol. The molecule has 0 bridgehead atoms. The van der Waals surface area contributed by atoms with Crippen molar-refractivity contribution in [2.75, 3.05) is 13.1 Å². The smallest absolute Gasteiger partial charge is 0.406 e. The van der Waals surface area contributed by atoms with Crippen LogP contribution in [-0.2, 0) is 11.3 Å². The Morgan fingerprint density at radius 3 is 2.42 bits per heavy atom. The first-order valence-corrected chi connectivity index (χ1v) is 5.91. The highest BCUT2D eigenvalue weighted by atomic mass is 19.4. The van der Waals surface area contributed by atoms with Gasteiger partial charge in [0.15, 0.2) is 5.41 Å². The molecule has 0 amide bonds. The molecule has 1 aromatic rings. The lowest BCUT2D eigenvalue weighted by molar-refractivity contribution is -0.227. The average Bonchev–Trinajstić information content (AvgIpc) is 2.75. The molecule has 1 fully saturated rings. The second-order valence-electron chi connectivity index (χ2n) is 4.83. The van der Waals surface area contributed by atoms with Gasteiger partial charge in [-0.15, -0.1) is 0 Å². The van der Waals surface area contributed by atoms with Crippen molar-refractivity contribution in [3.63, 3.8) is 0 Å². The standard InChI is InChI=1S/C13H14F3NO2/c14-13(15,16)12(11(18)19)6-7-17(9-12)8-10-4-2-1-3-5-10/h1-5H,6-9H2,(H,18,19)/t12-/m1/s1. The lowest BCUT2D eigenvalue weighted by atomic mass is 9.86. The van der Waals surface area contributed by atoms with Gasteiger partial charge < -0.3 is 5.11 Å². The summed E-state index contributed by atoms with van der Waals surface area (Å²) in [6.45, 7) is -0.00657. The van der Waals surface area contributed by atoms with E-state index in [0.29, 0.717) is 6.54 Å². The van der Waals surface area contributed by atoms with E-state index >= 15 is 0 Å². The number of carbonyl (C=O) groups is 1. The van der Waals surface area contributed by atoms with E-state index in [1.807, 2.05) is 18.2 Å². The number of carboxylic acids is 1. The number of hydrogen-bond donors (Lipinski definition) is 1. The van der Waals surface area contributed by atoms with Crippen molar-refractivity contribution in [2.45, 2.75) is 19.1 Å². The summed E-state index contributed by atoms with van der Waals surface area (Å²) < 4.78 is 38.9. The van der Waals surface area contributed by atoms with E-state index in [9.17, 15) is 18.0 Å². The molecule has 0 aliphatic carbocycles. The number of rotatable bonds is 3. The monoisotopic (exact) mass is 273 g/mol. The SMILES string of the molecule is O=C(O)[C@@]1(C(F)(F)F)CCN(Cc2ccccc2)C1. The maximum absolute atomic E-state index is 13.0. The van der Waals surface area contributed by atoms with E-state index in [1.54, 1.807) is 12.1 Å². The molecule has 0 saturated carbocycles. The lowest BCUT2D eigenvalue weighted by Gasteiger charge is -2.27. The first kappa shape index (κ1) is 13.9. The summed E-state index contributed by atoms with van der Waals surface area (Å²) in [6.07, 6.45) is -5.11. The number of alkyl halides is 3. The molecule has 2 rings (SSSR count). The van der Waals surface area contributed by atoms with Crippen molar-refractivity contribution in [2.24, 2.45) is 5.41 Å². The summed E-state index contributed by atoms with van der Waals surface area (Å²) in [5.74, 6) is -1.78. The average molecular weight is 273 g/mol. The Labute approximate surface area is 108 Å². The van der Waals surface area contributed by atoms with Gasteiger partial charge in [-0.05, 0) is 12.0 Å². The number of nitrogens with zero attached hydrogens (tertiary/aromatic N) is 1. The van der Waals surface area contributed by atoms with E-state index in [-0.39, 0.29) is 6.54 Å². The van der Waals surface area contributed by atoms with Crippen LogP contribution in [0.3, 0.4) is 0 Å². The van der Waals surface area contributed by atoms with Gasteiger partial charge in [-0.25, -0.2) is 0 Å². The minimum atomic E-state index is -4.72. The number of likely N-dealkylation sites (tertiary alicyclic amines) is 1. The predicted molar refractivity (Wildman–Crippen MR) is 62.5 cm³/mol. The quantitative estimate of drug-likeness (QED) is 0.920. The highest BCUT2D eigenvalue weighted by molar-refractivity contribution is 5.76. The molecule has 1 heterocycles. The molecular formula is C13H14F3NO2. The Balaban J connectivity index is 2.12. The van der Waals surface area contributed by atoms with Crippen LogP contribution in [0.2, 0.25) is 0 Å². The van der Waals surface area contributed by atoms with Crippen LogP contribution in [0.1, 0.15) is 12.0 Å². The molecule has 6 heteroatoms. The molecule has 1 aliphatic heterocycles. The Morgan fingerprint density at radius 2 is 1.95 bits per heavy atom. The molecule has 0 radical (unpaired) electrons. The summed E-state index contributed by atoms with van der Waals surface area (Å²) in [5, 5.41) is 8.94. The Bertz CT molecular complexity index is 461. The minimum absolute atomic E-state index is 0.140. The zero-order valence-electron chi connectivity index (χ0n) is 10.2. The summed E-state index contributed by atoms with van der Waals surface area (Å²) in [6, 6.07) is 9.06. The van der Waals surface area contributed by atoms with Gasteiger partial charge in [-0.3, -0.25) is 9.69 Å². The topological polar surface area (TPSA) is 40.5 Å². The minimum Gasteiger partial charge on any atom is -0.481 e. The molecule has 3 nitrogen and oxygen atoms in total. The van der Waals surface area contributed by atoms with Crippen molar-refractivity contribution >= 4 is 5.97 Å². The molecule has 0 unspecified atom stereocenters. The Hall–Kier alpha value is -1.56. The summed E-state index contributed by atoms with van der Waals surface area (Å²) in [5.41, 5.74) is -1.74. The van der Waals surface area contributed by atoms with Crippen LogP contribution in [-0.4, -0.2) is 35.2 Å². The summed E-state index contributed by atoms with van der Waals surface area (Å²) in [4.78, 5) is 12.6. The van der Waals surface area contributed by atoms with Gasteiger partial charge in [0.25, 0.3) is 0 Å². The fourth-order valence-electron chi connectivity index (χ4n) is 2.39. The molecule has 1 aliphatic rings. The fraction of sp³-hybridized carbons (Fsp3) is 0.462. The highest BCUT2D eigenvalue weighted by Gasteiger charge is 2.63. The van der Waals surface area contributed by atoms with E-state index < -0.39 is 30.5 Å². The number of hydrogen-bond acceptors (Lipinski definition) is 2. The van der Waals surface area contributed by atoms with E-state index in [1.165, 1.54) is 4.90 Å². The van der Waals surface area contributed by atoms with Crippen molar-refractivity contribution in [1.82, 2.24) is 4.90 Å². The zero-order chi connectivity index (χ0) is 14.1. The van der Waals surface area contributed by atoms with Gasteiger partial charge in [0.05, 0.1) is 0 Å². The van der Waals surface area contributed by atoms with Gasteiger partial charge in [0.1, 0.15) is 0 Å². The van der Waals surface area contributed by atoms with Crippen molar-refractivity contribution in [3.05, 3.63) is 35.9 Å². The van der Waals surface area contributed by atoms with E-state index in [2.05, 4.69) is 0 Å². The third kappa shape index (κ3) is 2.58. The van der Waals surface area contributed by atoms with Crippen LogP contribution in [0.15, 0.2) is 30.3 Å². The molecule has 1 N–H and O–H groups in total. The molecule has 104 valence electrons. The summed E-state index contributed by atoms with van der Waals surface area (Å²) >= 11 is 0. The number of benzene rings is 1. The fourth-order valence-corrected chi connectivity index (χ4v) is 2.39. The highest BCUT2D eigenvalue weighted by Crippen LogP contribution is 2.45. The molecule has 0 spiro atoms. The largest absolute Gasteiger partial charge is 0.481 e. The van der Waals surface area contributed by atoms with Gasteiger partial charge >= 0.3 is 12.1 Å². The van der Waals surface area contributed by atoms with Gasteiger partial charge in [-0.1, -0.05) is 30.3 Å². The van der Waals surface area contributed by atoms with Crippen molar-refractivity contribution < 1.29 is 23.1 Å². The second kappa shape index (κ2) is 4.85. The predicted octanol–water partition coefficient (Wildman–Crippen LogP) is 2.53. The Kier molecular flexibility index (Phi) is 3.54. The third-order valence-electron chi connectivity index (χ3n) is 3.55. The number of aliphatic carboxylic acids is 1. The van der Waals surface area contributed by atoms with Crippen LogP contribution in [0, 0.1) is 5.41 Å². The van der Waals surface area contributed by atoms with Gasteiger partial charge in [-0.2, -0.15) is 13.2 Å². The van der Waals surface area contributed by atoms with Crippen molar-refractivity contribution in [1.29, 1.82) is 0 Å². The van der Waals surface area contributed by atoms with E-state index in [0.717, 1.165) is 5.56 Å². The van der Waals surface area contributed by atoms with Crippen LogP contribution in [0.25, 0.3) is 0 Å². The van der Waals surface area contributed by atoms with Crippen molar-refractivity contribution in [3.8, 4) is 0 Å². The van der Waals surface area contributed by atoms with E-state index in [4.69, 9.17) is 5.11 Å². The number of halogens is 3. The first-order valence-electron chi connectivity index (χ1n) is 5.91. The zero-order valence-corrected chi connectivity index (χ0v) is 10.2. The maximum Gasteiger partial charge on any atom is 0.406 e. The second-order valence-corrected chi connectivity index (χ2v) is 4.83. The molecule has 0 aromatic heterocycles. The van der Waals surface area contributed by atoms with Crippen LogP contribution < -0.4 is 0 Å². The Morgan fingerprint density at radius 1 is 1.32 bits per heavy atom. The van der Waals surface area contributed by atoms with Crippen LogP contribution in [0.4, 0.5) is 13.2 Å². The third-order valence-corrected chi connectivity index (χ3v) is 3.55. The summed E-state index contributed by atoms with van der Waals surface area (Å²) in [7, 11) is 0. The van der Waals surface area contributed by atoms with Gasteiger partial charge in [0.2, 0.25) is 0 Å². The molecule has 1 saturated heterocycles. The van der Waals surface area contributed by atoms with Crippen LogP contribution in [0.5, 0.6) is 0 Å². The molecule has 19 heavy (non-hydrogen) atoms. The van der Waals surface area contributed by atoms with Gasteiger partial charge in [0, 0.05) is 19.6 Å². The maximum atomic E-state index is 13.0. The first-order chi connectivity index (χ1) is 8.85.